The molecule has 1 rings (SSSR count). The van der Waals surface area contributed by atoms with Gasteiger partial charge in [0.2, 0.25) is 0 Å². The zero-order valence-electron chi connectivity index (χ0n) is 9.87. The average molecular weight is 199 g/mol. The zero-order valence-corrected chi connectivity index (χ0v) is 9.87. The van der Waals surface area contributed by atoms with Crippen LogP contribution in [0.5, 0.6) is 0 Å². The van der Waals surface area contributed by atoms with Crippen LogP contribution in [0.15, 0.2) is 0 Å². The van der Waals surface area contributed by atoms with Gasteiger partial charge in [-0.15, -0.1) is 0 Å². The molecule has 0 bridgehead atoms. The van der Waals surface area contributed by atoms with E-state index in [4.69, 9.17) is 5.73 Å². The molecule has 2 N–H and O–H groups in total. The summed E-state index contributed by atoms with van der Waals surface area (Å²) in [6.45, 7) is 8.82. The van der Waals surface area contributed by atoms with Gasteiger partial charge in [-0.05, 0) is 40.3 Å². The van der Waals surface area contributed by atoms with E-state index in [1.165, 1.54) is 25.9 Å². The molecule has 1 aliphatic rings. The quantitative estimate of drug-likeness (QED) is 0.725. The molecule has 0 spiro atoms. The van der Waals surface area contributed by atoms with Crippen molar-refractivity contribution in [3.05, 3.63) is 0 Å². The summed E-state index contributed by atoms with van der Waals surface area (Å²) >= 11 is 0. The molecule has 1 atom stereocenters. The first-order valence-corrected chi connectivity index (χ1v) is 5.79. The van der Waals surface area contributed by atoms with Crippen molar-refractivity contribution in [3.8, 4) is 0 Å². The monoisotopic (exact) mass is 199 g/mol. The van der Waals surface area contributed by atoms with Gasteiger partial charge in [0.1, 0.15) is 0 Å². The molecule has 1 saturated heterocycles. The SMILES string of the molecule is CC(C)N(C)[C@H]1CCCN(CCN)C1. The fourth-order valence-electron chi connectivity index (χ4n) is 2.17. The van der Waals surface area contributed by atoms with E-state index in [2.05, 4.69) is 30.7 Å². The first-order valence-electron chi connectivity index (χ1n) is 5.79. The van der Waals surface area contributed by atoms with Crippen LogP contribution in [0, 0.1) is 0 Å². The Kier molecular flexibility index (Phi) is 4.85. The second-order valence-corrected chi connectivity index (χ2v) is 4.64. The Hall–Kier alpha value is -0.120. The molecule has 3 heteroatoms. The van der Waals surface area contributed by atoms with Gasteiger partial charge in [0.15, 0.2) is 0 Å². The van der Waals surface area contributed by atoms with Crippen LogP contribution in [-0.2, 0) is 0 Å². The molecule has 0 aromatic rings. The lowest BCUT2D eigenvalue weighted by Crippen LogP contribution is -2.49. The highest BCUT2D eigenvalue weighted by molar-refractivity contribution is 4.80. The van der Waals surface area contributed by atoms with Gasteiger partial charge in [-0.3, -0.25) is 4.90 Å². The summed E-state index contributed by atoms with van der Waals surface area (Å²) in [6.07, 6.45) is 2.66. The second-order valence-electron chi connectivity index (χ2n) is 4.64. The Morgan fingerprint density at radius 1 is 1.50 bits per heavy atom. The van der Waals surface area contributed by atoms with Gasteiger partial charge in [-0.1, -0.05) is 0 Å². The summed E-state index contributed by atoms with van der Waals surface area (Å²) in [7, 11) is 2.24. The summed E-state index contributed by atoms with van der Waals surface area (Å²) in [5, 5.41) is 0. The second kappa shape index (κ2) is 5.69. The average Bonchev–Trinajstić information content (AvgIpc) is 2.17. The Morgan fingerprint density at radius 3 is 2.79 bits per heavy atom. The predicted octanol–water partition coefficient (Wildman–Crippen LogP) is 0.750. The summed E-state index contributed by atoms with van der Waals surface area (Å²) in [5.41, 5.74) is 5.59. The van der Waals surface area contributed by atoms with Crippen molar-refractivity contribution in [2.75, 3.05) is 33.2 Å². The maximum Gasteiger partial charge on any atom is 0.0223 e. The number of likely N-dealkylation sites (tertiary alicyclic amines) is 1. The van der Waals surface area contributed by atoms with Crippen molar-refractivity contribution in [3.63, 3.8) is 0 Å². The Morgan fingerprint density at radius 2 is 2.21 bits per heavy atom. The lowest BCUT2D eigenvalue weighted by Gasteiger charge is -2.39. The van der Waals surface area contributed by atoms with Crippen LogP contribution in [0.25, 0.3) is 0 Å². The van der Waals surface area contributed by atoms with Gasteiger partial charge in [-0.25, -0.2) is 0 Å². The molecule has 3 nitrogen and oxygen atoms in total. The highest BCUT2D eigenvalue weighted by atomic mass is 15.2. The molecule has 84 valence electrons. The van der Waals surface area contributed by atoms with Crippen LogP contribution in [0.1, 0.15) is 26.7 Å². The lowest BCUT2D eigenvalue weighted by molar-refractivity contribution is 0.0982. The summed E-state index contributed by atoms with van der Waals surface area (Å²) in [5.74, 6) is 0. The van der Waals surface area contributed by atoms with E-state index in [0.29, 0.717) is 6.04 Å². The molecule has 0 unspecified atom stereocenters. The fraction of sp³-hybridized carbons (Fsp3) is 1.00. The molecule has 0 aliphatic carbocycles. The number of likely N-dealkylation sites (N-methyl/N-ethyl adjacent to an activating group) is 1. The van der Waals surface area contributed by atoms with Crippen molar-refractivity contribution >= 4 is 0 Å². The number of piperidine rings is 1. The summed E-state index contributed by atoms with van der Waals surface area (Å²) in [4.78, 5) is 4.98. The van der Waals surface area contributed by atoms with Gasteiger partial charge in [0.05, 0.1) is 0 Å². The van der Waals surface area contributed by atoms with E-state index in [1.807, 2.05) is 0 Å². The molecule has 1 fully saturated rings. The molecule has 14 heavy (non-hydrogen) atoms. The molecule has 0 aromatic carbocycles. The number of hydrogen-bond acceptors (Lipinski definition) is 3. The van der Waals surface area contributed by atoms with Crippen molar-refractivity contribution in [2.24, 2.45) is 5.73 Å². The first kappa shape index (κ1) is 12.0. The Bertz CT molecular complexity index is 157. The normalized spacial score (nSPS) is 24.9. The third-order valence-corrected chi connectivity index (χ3v) is 3.32. The fourth-order valence-corrected chi connectivity index (χ4v) is 2.17. The van der Waals surface area contributed by atoms with E-state index in [-0.39, 0.29) is 0 Å². The highest BCUT2D eigenvalue weighted by Gasteiger charge is 2.23. The minimum atomic E-state index is 0.651. The topological polar surface area (TPSA) is 32.5 Å². The van der Waals surface area contributed by atoms with Crippen molar-refractivity contribution in [2.45, 2.75) is 38.8 Å². The third-order valence-electron chi connectivity index (χ3n) is 3.32. The van der Waals surface area contributed by atoms with E-state index in [9.17, 15) is 0 Å². The van der Waals surface area contributed by atoms with Crippen LogP contribution in [-0.4, -0.2) is 55.1 Å². The number of hydrogen-bond donors (Lipinski definition) is 1. The van der Waals surface area contributed by atoms with Crippen LogP contribution in [0.3, 0.4) is 0 Å². The molecule has 1 heterocycles. The zero-order chi connectivity index (χ0) is 10.6. The molecule has 0 saturated carbocycles. The third kappa shape index (κ3) is 3.23. The van der Waals surface area contributed by atoms with E-state index in [1.54, 1.807) is 0 Å². The molecular formula is C11H25N3. The Balaban J connectivity index is 2.39. The number of nitrogens with two attached hydrogens (primary N) is 1. The number of rotatable bonds is 4. The largest absolute Gasteiger partial charge is 0.329 e. The van der Waals surface area contributed by atoms with E-state index >= 15 is 0 Å². The maximum atomic E-state index is 5.59. The van der Waals surface area contributed by atoms with Gasteiger partial charge < -0.3 is 10.6 Å². The van der Waals surface area contributed by atoms with Gasteiger partial charge in [0, 0.05) is 31.7 Å². The molecular weight excluding hydrogens is 174 g/mol. The van der Waals surface area contributed by atoms with Gasteiger partial charge >= 0.3 is 0 Å². The van der Waals surface area contributed by atoms with Gasteiger partial charge in [-0.2, -0.15) is 0 Å². The van der Waals surface area contributed by atoms with Crippen LogP contribution < -0.4 is 5.73 Å². The Labute approximate surface area is 88.2 Å². The molecule has 0 aromatic heterocycles. The standard InChI is InChI=1S/C11H25N3/c1-10(2)13(3)11-5-4-7-14(9-11)8-6-12/h10-11H,4-9,12H2,1-3H3/t11-/m0/s1. The smallest absolute Gasteiger partial charge is 0.0223 e. The van der Waals surface area contributed by atoms with Crippen LogP contribution in [0.2, 0.25) is 0 Å². The van der Waals surface area contributed by atoms with E-state index < -0.39 is 0 Å². The van der Waals surface area contributed by atoms with Gasteiger partial charge in [0.25, 0.3) is 0 Å². The van der Waals surface area contributed by atoms with Crippen molar-refractivity contribution in [1.82, 2.24) is 9.80 Å². The lowest BCUT2D eigenvalue weighted by atomic mass is 10.0. The highest BCUT2D eigenvalue weighted by Crippen LogP contribution is 2.15. The summed E-state index contributed by atoms with van der Waals surface area (Å²) < 4.78 is 0. The minimum Gasteiger partial charge on any atom is -0.329 e. The molecule has 0 radical (unpaired) electrons. The maximum absolute atomic E-state index is 5.59. The van der Waals surface area contributed by atoms with E-state index in [0.717, 1.165) is 19.1 Å². The summed E-state index contributed by atoms with van der Waals surface area (Å²) in [6, 6.07) is 1.38. The minimum absolute atomic E-state index is 0.651. The van der Waals surface area contributed by atoms with Crippen molar-refractivity contribution < 1.29 is 0 Å². The predicted molar refractivity (Wildman–Crippen MR) is 61.4 cm³/mol. The molecule has 1 aliphatic heterocycles. The van der Waals surface area contributed by atoms with Crippen LogP contribution in [0.4, 0.5) is 0 Å². The first-order chi connectivity index (χ1) is 6.65. The molecule has 0 amide bonds. The number of nitrogens with zero attached hydrogens (tertiary/aromatic N) is 2. The van der Waals surface area contributed by atoms with Crippen LogP contribution >= 0.6 is 0 Å². The van der Waals surface area contributed by atoms with Crippen molar-refractivity contribution in [1.29, 1.82) is 0 Å².